The second kappa shape index (κ2) is 11.7. The molecule has 1 fully saturated rings. The smallest absolute Gasteiger partial charge is 0.186 e. The Morgan fingerprint density at radius 1 is 0.857 bits per heavy atom. The molecule has 0 spiro atoms. The Hall–Kier alpha value is -2.89. The highest BCUT2D eigenvalue weighted by Gasteiger charge is 2.25. The summed E-state index contributed by atoms with van der Waals surface area (Å²) in [6.07, 6.45) is 6.64. The van der Waals surface area contributed by atoms with Gasteiger partial charge in [-0.25, -0.2) is 13.2 Å². The van der Waals surface area contributed by atoms with Crippen LogP contribution in [0.4, 0.5) is 13.2 Å². The fraction of sp³-hybridized carbons (Fsp3) is 0.333. The van der Waals surface area contributed by atoms with E-state index in [0.717, 1.165) is 24.8 Å². The molecule has 3 aromatic carbocycles. The average molecular weight is 481 g/mol. The summed E-state index contributed by atoms with van der Waals surface area (Å²) in [6, 6.07) is 15.2. The number of ether oxygens (including phenoxy) is 2. The van der Waals surface area contributed by atoms with Gasteiger partial charge in [0.05, 0.1) is 13.2 Å². The Labute approximate surface area is 205 Å². The van der Waals surface area contributed by atoms with Gasteiger partial charge in [-0.05, 0) is 54.5 Å². The molecule has 35 heavy (non-hydrogen) atoms. The summed E-state index contributed by atoms with van der Waals surface area (Å²) in [5, 5.41) is 0. The average Bonchev–Trinajstić information content (AvgIpc) is 2.88. The predicted octanol–water partition coefficient (Wildman–Crippen LogP) is 8.41. The lowest BCUT2D eigenvalue weighted by Crippen LogP contribution is -2.27. The minimum Gasteiger partial charge on any atom is -0.348 e. The van der Waals surface area contributed by atoms with Crippen molar-refractivity contribution in [2.24, 2.45) is 5.92 Å². The number of hydrogen-bond donors (Lipinski definition) is 0. The van der Waals surface area contributed by atoms with Crippen LogP contribution in [0.25, 0.3) is 22.3 Å². The normalized spacial score (nSPS) is 18.3. The van der Waals surface area contributed by atoms with Crippen LogP contribution >= 0.6 is 0 Å². The number of benzene rings is 3. The zero-order valence-corrected chi connectivity index (χ0v) is 20.2. The van der Waals surface area contributed by atoms with Crippen LogP contribution in [0.3, 0.4) is 0 Å². The second-order valence-electron chi connectivity index (χ2n) is 8.97. The van der Waals surface area contributed by atoms with Gasteiger partial charge >= 0.3 is 0 Å². The van der Waals surface area contributed by atoms with Gasteiger partial charge in [-0.1, -0.05) is 74.0 Å². The number of allylic oxidation sites excluding steroid dienone is 2. The van der Waals surface area contributed by atoms with Crippen LogP contribution in [0.15, 0.2) is 66.7 Å². The Kier molecular flexibility index (Phi) is 8.42. The SMILES string of the molecule is CC=CCCC1COC(c2ccc(-c3ccc(-c4ccc(CCC)c(F)c4F)cc3)cc2F)OC1. The van der Waals surface area contributed by atoms with E-state index < -0.39 is 23.7 Å². The zero-order chi connectivity index (χ0) is 24.8. The number of rotatable bonds is 8. The molecule has 1 saturated heterocycles. The highest BCUT2D eigenvalue weighted by molar-refractivity contribution is 5.71. The Balaban J connectivity index is 1.45. The van der Waals surface area contributed by atoms with Gasteiger partial charge in [-0.15, -0.1) is 0 Å². The zero-order valence-electron chi connectivity index (χ0n) is 20.2. The molecule has 0 aliphatic carbocycles. The largest absolute Gasteiger partial charge is 0.348 e. The highest BCUT2D eigenvalue weighted by Crippen LogP contribution is 2.33. The molecule has 184 valence electrons. The van der Waals surface area contributed by atoms with Crippen LogP contribution in [0, 0.1) is 23.4 Å². The van der Waals surface area contributed by atoms with Gasteiger partial charge in [0.1, 0.15) is 5.82 Å². The molecule has 0 N–H and O–H groups in total. The van der Waals surface area contributed by atoms with E-state index in [4.69, 9.17) is 9.47 Å². The Morgan fingerprint density at radius 3 is 2.20 bits per heavy atom. The van der Waals surface area contributed by atoms with Gasteiger partial charge in [0.25, 0.3) is 0 Å². The molecular weight excluding hydrogens is 449 g/mol. The minimum absolute atomic E-state index is 0.214. The molecule has 1 heterocycles. The standard InChI is InChI=1S/C30H31F3O2/c1-3-5-6-8-20-18-34-30(35-19-20)26-16-14-24(17-27(26)31)21-9-11-22(12-10-21)25-15-13-23(7-4-2)28(32)29(25)33/h3,5,9-17,20,30H,4,6-8,18-19H2,1-2H3. The van der Waals surface area contributed by atoms with Crippen molar-refractivity contribution in [3.8, 4) is 22.3 Å². The van der Waals surface area contributed by atoms with Crippen LogP contribution in [0.5, 0.6) is 0 Å². The second-order valence-corrected chi connectivity index (χ2v) is 8.97. The molecule has 0 unspecified atom stereocenters. The first-order valence-electron chi connectivity index (χ1n) is 12.2. The van der Waals surface area contributed by atoms with Gasteiger partial charge in [0.2, 0.25) is 0 Å². The first-order valence-corrected chi connectivity index (χ1v) is 12.2. The summed E-state index contributed by atoms with van der Waals surface area (Å²) < 4.78 is 55.5. The van der Waals surface area contributed by atoms with Crippen molar-refractivity contribution < 1.29 is 22.6 Å². The topological polar surface area (TPSA) is 18.5 Å². The maximum absolute atomic E-state index is 14.9. The summed E-state index contributed by atoms with van der Waals surface area (Å²) in [5.74, 6) is -1.72. The fourth-order valence-corrected chi connectivity index (χ4v) is 4.40. The predicted molar refractivity (Wildman–Crippen MR) is 133 cm³/mol. The monoisotopic (exact) mass is 480 g/mol. The minimum atomic E-state index is -0.837. The van der Waals surface area contributed by atoms with Gasteiger partial charge in [0.15, 0.2) is 17.9 Å². The van der Waals surface area contributed by atoms with E-state index in [9.17, 15) is 13.2 Å². The third kappa shape index (κ3) is 5.85. The van der Waals surface area contributed by atoms with Crippen LogP contribution in [0.2, 0.25) is 0 Å². The quantitative estimate of drug-likeness (QED) is 0.301. The summed E-state index contributed by atoms with van der Waals surface area (Å²) in [4.78, 5) is 0. The van der Waals surface area contributed by atoms with Crippen molar-refractivity contribution >= 4 is 0 Å². The summed E-state index contributed by atoms with van der Waals surface area (Å²) in [6.45, 7) is 5.01. The van der Waals surface area contributed by atoms with Crippen molar-refractivity contribution in [3.05, 3.63) is 95.3 Å². The van der Waals surface area contributed by atoms with Gasteiger partial charge in [0, 0.05) is 17.0 Å². The van der Waals surface area contributed by atoms with E-state index in [1.54, 1.807) is 42.5 Å². The summed E-state index contributed by atoms with van der Waals surface area (Å²) in [5.41, 5.74) is 3.00. The summed E-state index contributed by atoms with van der Waals surface area (Å²) in [7, 11) is 0. The summed E-state index contributed by atoms with van der Waals surface area (Å²) >= 11 is 0. The molecule has 1 aliphatic heterocycles. The fourth-order valence-electron chi connectivity index (χ4n) is 4.40. The van der Waals surface area contributed by atoms with Gasteiger partial charge in [-0.2, -0.15) is 0 Å². The molecule has 0 atom stereocenters. The lowest BCUT2D eigenvalue weighted by Gasteiger charge is -2.29. The number of hydrogen-bond acceptors (Lipinski definition) is 2. The molecule has 0 saturated carbocycles. The lowest BCUT2D eigenvalue weighted by molar-refractivity contribution is -0.207. The van der Waals surface area contributed by atoms with E-state index in [1.807, 2.05) is 26.0 Å². The highest BCUT2D eigenvalue weighted by atomic mass is 19.2. The molecule has 5 heteroatoms. The van der Waals surface area contributed by atoms with Crippen molar-refractivity contribution in [2.45, 2.75) is 45.8 Å². The van der Waals surface area contributed by atoms with Crippen molar-refractivity contribution in [2.75, 3.05) is 13.2 Å². The molecule has 1 aliphatic rings. The van der Waals surface area contributed by atoms with E-state index in [1.165, 1.54) is 6.07 Å². The van der Waals surface area contributed by atoms with Crippen molar-refractivity contribution in [3.63, 3.8) is 0 Å². The first-order chi connectivity index (χ1) is 17.0. The van der Waals surface area contributed by atoms with Crippen molar-refractivity contribution in [1.29, 1.82) is 0 Å². The molecule has 3 aromatic rings. The third-order valence-corrected chi connectivity index (χ3v) is 6.41. The number of halogens is 3. The maximum atomic E-state index is 14.9. The van der Waals surface area contributed by atoms with Crippen LogP contribution in [-0.2, 0) is 15.9 Å². The molecule has 0 bridgehead atoms. The van der Waals surface area contributed by atoms with E-state index >= 15 is 0 Å². The van der Waals surface area contributed by atoms with E-state index in [-0.39, 0.29) is 5.56 Å². The van der Waals surface area contributed by atoms with Crippen LogP contribution in [0.1, 0.15) is 50.5 Å². The molecule has 2 nitrogen and oxygen atoms in total. The van der Waals surface area contributed by atoms with E-state index in [0.29, 0.717) is 47.8 Å². The van der Waals surface area contributed by atoms with E-state index in [2.05, 4.69) is 6.08 Å². The maximum Gasteiger partial charge on any atom is 0.186 e. The van der Waals surface area contributed by atoms with Crippen LogP contribution in [-0.4, -0.2) is 13.2 Å². The Morgan fingerprint density at radius 2 is 1.54 bits per heavy atom. The molecule has 0 aromatic heterocycles. The third-order valence-electron chi connectivity index (χ3n) is 6.41. The van der Waals surface area contributed by atoms with Crippen molar-refractivity contribution in [1.82, 2.24) is 0 Å². The molecular formula is C30H31F3O2. The van der Waals surface area contributed by atoms with Gasteiger partial charge in [-0.3, -0.25) is 0 Å². The number of aryl methyl sites for hydroxylation is 1. The van der Waals surface area contributed by atoms with Gasteiger partial charge < -0.3 is 9.47 Å². The first kappa shape index (κ1) is 25.2. The Bertz CT molecular complexity index is 1160. The lowest BCUT2D eigenvalue weighted by atomic mass is 9.97. The molecule has 0 radical (unpaired) electrons. The molecule has 4 rings (SSSR count). The molecule has 0 amide bonds. The van der Waals surface area contributed by atoms with Crippen LogP contribution < -0.4 is 0 Å².